The third-order valence-corrected chi connectivity index (χ3v) is 4.25. The summed E-state index contributed by atoms with van der Waals surface area (Å²) in [6, 6.07) is 4.18. The van der Waals surface area contributed by atoms with E-state index in [9.17, 15) is 12.8 Å². The second-order valence-electron chi connectivity index (χ2n) is 4.15. The van der Waals surface area contributed by atoms with Gasteiger partial charge in [0.2, 0.25) is 0 Å². The Bertz CT molecular complexity index is 603. The summed E-state index contributed by atoms with van der Waals surface area (Å²) in [7, 11) is -3.13. The van der Waals surface area contributed by atoms with Crippen LogP contribution >= 0.6 is 0 Å². The molecule has 1 aromatic rings. The van der Waals surface area contributed by atoms with Gasteiger partial charge in [0.25, 0.3) is 0 Å². The summed E-state index contributed by atoms with van der Waals surface area (Å²) in [5.74, 6) is 4.85. The van der Waals surface area contributed by atoms with E-state index in [2.05, 4.69) is 11.8 Å². The van der Waals surface area contributed by atoms with Gasteiger partial charge in [-0.05, 0) is 24.6 Å². The standard InChI is InChI=1S/C14H18FNO3S/c1-2-9-20(17,18)10-8-19-14-11-12(4-3-7-16)5-6-13(14)15/h5-6,11H,2,7-10,16H2,1H3. The number of benzene rings is 1. The zero-order chi connectivity index (χ0) is 15.0. The first kappa shape index (κ1) is 16.5. The van der Waals surface area contributed by atoms with Crippen LogP contribution in [0.4, 0.5) is 4.39 Å². The maximum absolute atomic E-state index is 13.5. The molecule has 0 fully saturated rings. The van der Waals surface area contributed by atoms with E-state index in [0.717, 1.165) is 0 Å². The molecule has 0 saturated carbocycles. The fourth-order valence-electron chi connectivity index (χ4n) is 1.54. The monoisotopic (exact) mass is 299 g/mol. The number of hydrogen-bond donors (Lipinski definition) is 1. The highest BCUT2D eigenvalue weighted by Crippen LogP contribution is 2.18. The molecule has 0 atom stereocenters. The van der Waals surface area contributed by atoms with Gasteiger partial charge in [-0.1, -0.05) is 18.8 Å². The molecule has 1 aromatic carbocycles. The Balaban J connectivity index is 2.68. The van der Waals surface area contributed by atoms with Crippen LogP contribution in [0.2, 0.25) is 0 Å². The van der Waals surface area contributed by atoms with Crippen molar-refractivity contribution >= 4 is 9.84 Å². The lowest BCUT2D eigenvalue weighted by atomic mass is 10.2. The molecule has 110 valence electrons. The normalized spacial score (nSPS) is 10.8. The molecule has 0 aliphatic heterocycles. The minimum atomic E-state index is -3.13. The summed E-state index contributed by atoms with van der Waals surface area (Å²) in [5.41, 5.74) is 5.83. The molecular weight excluding hydrogens is 281 g/mol. The van der Waals surface area contributed by atoms with E-state index in [0.29, 0.717) is 12.0 Å². The van der Waals surface area contributed by atoms with Crippen molar-refractivity contribution in [1.82, 2.24) is 0 Å². The molecule has 4 nitrogen and oxygen atoms in total. The van der Waals surface area contributed by atoms with Crippen molar-refractivity contribution in [3.63, 3.8) is 0 Å². The number of nitrogens with two attached hydrogens (primary N) is 1. The highest BCUT2D eigenvalue weighted by atomic mass is 32.2. The minimum Gasteiger partial charge on any atom is -0.489 e. The maximum Gasteiger partial charge on any atom is 0.165 e. The van der Waals surface area contributed by atoms with Crippen LogP contribution in [0.5, 0.6) is 5.75 Å². The molecule has 2 N–H and O–H groups in total. The maximum atomic E-state index is 13.5. The van der Waals surface area contributed by atoms with Crippen LogP contribution in [-0.4, -0.2) is 33.1 Å². The second-order valence-corrected chi connectivity index (χ2v) is 6.46. The van der Waals surface area contributed by atoms with E-state index in [-0.39, 0.29) is 30.4 Å². The highest BCUT2D eigenvalue weighted by Gasteiger charge is 2.11. The van der Waals surface area contributed by atoms with Crippen LogP contribution in [0.15, 0.2) is 18.2 Å². The van der Waals surface area contributed by atoms with Crippen molar-refractivity contribution in [2.45, 2.75) is 13.3 Å². The molecule has 0 radical (unpaired) electrons. The Hall–Kier alpha value is -1.58. The minimum absolute atomic E-state index is 0.000481. The van der Waals surface area contributed by atoms with Crippen LogP contribution in [0.1, 0.15) is 18.9 Å². The largest absolute Gasteiger partial charge is 0.489 e. The summed E-state index contributed by atoms with van der Waals surface area (Å²) in [6.07, 6.45) is 0.556. The van der Waals surface area contributed by atoms with E-state index in [1.54, 1.807) is 6.92 Å². The number of halogens is 1. The summed E-state index contributed by atoms with van der Waals surface area (Å²) in [6.45, 7) is 1.92. The van der Waals surface area contributed by atoms with Crippen molar-refractivity contribution in [3.05, 3.63) is 29.6 Å². The molecule has 0 spiro atoms. The van der Waals surface area contributed by atoms with Crippen molar-refractivity contribution in [2.75, 3.05) is 24.7 Å². The first-order valence-corrected chi connectivity index (χ1v) is 8.12. The van der Waals surface area contributed by atoms with Gasteiger partial charge in [0.05, 0.1) is 18.1 Å². The van der Waals surface area contributed by atoms with Gasteiger partial charge in [0.1, 0.15) is 6.61 Å². The van der Waals surface area contributed by atoms with Gasteiger partial charge in [-0.25, -0.2) is 12.8 Å². The lowest BCUT2D eigenvalue weighted by Gasteiger charge is -2.08. The number of ether oxygens (including phenoxy) is 1. The van der Waals surface area contributed by atoms with Gasteiger partial charge < -0.3 is 10.5 Å². The van der Waals surface area contributed by atoms with Gasteiger partial charge in [-0.15, -0.1) is 0 Å². The average Bonchev–Trinajstić information content (AvgIpc) is 2.39. The Morgan fingerprint density at radius 3 is 2.75 bits per heavy atom. The predicted octanol–water partition coefficient (Wildman–Crippen LogP) is 1.34. The van der Waals surface area contributed by atoms with E-state index >= 15 is 0 Å². The third kappa shape index (κ3) is 5.59. The SMILES string of the molecule is CCCS(=O)(=O)CCOc1cc(C#CCN)ccc1F. The van der Waals surface area contributed by atoms with Crippen molar-refractivity contribution < 1.29 is 17.5 Å². The quantitative estimate of drug-likeness (QED) is 0.805. The zero-order valence-corrected chi connectivity index (χ0v) is 12.2. The number of hydrogen-bond acceptors (Lipinski definition) is 4. The topological polar surface area (TPSA) is 69.4 Å². The first-order valence-electron chi connectivity index (χ1n) is 6.30. The Kier molecular flexibility index (Phi) is 6.49. The third-order valence-electron chi connectivity index (χ3n) is 2.43. The average molecular weight is 299 g/mol. The Morgan fingerprint density at radius 2 is 2.10 bits per heavy atom. The summed E-state index contributed by atoms with van der Waals surface area (Å²) >= 11 is 0. The zero-order valence-electron chi connectivity index (χ0n) is 11.4. The molecule has 0 heterocycles. The number of rotatable bonds is 6. The fourth-order valence-corrected chi connectivity index (χ4v) is 2.70. The summed E-state index contributed by atoms with van der Waals surface area (Å²) < 4.78 is 41.7. The Labute approximate surface area is 119 Å². The summed E-state index contributed by atoms with van der Waals surface area (Å²) in [5, 5.41) is 0. The molecule has 0 aromatic heterocycles. The van der Waals surface area contributed by atoms with E-state index in [1.165, 1.54) is 18.2 Å². The lowest BCUT2D eigenvalue weighted by Crippen LogP contribution is -2.17. The molecule has 1 rings (SSSR count). The molecule has 0 aliphatic rings. The molecule has 0 saturated heterocycles. The van der Waals surface area contributed by atoms with E-state index in [1.807, 2.05) is 0 Å². The molecular formula is C14H18FNO3S. The van der Waals surface area contributed by atoms with E-state index in [4.69, 9.17) is 10.5 Å². The van der Waals surface area contributed by atoms with Gasteiger partial charge in [0, 0.05) is 5.56 Å². The van der Waals surface area contributed by atoms with Crippen molar-refractivity contribution in [1.29, 1.82) is 0 Å². The second kappa shape index (κ2) is 7.88. The molecule has 0 aliphatic carbocycles. The Morgan fingerprint density at radius 1 is 1.35 bits per heavy atom. The fraction of sp³-hybridized carbons (Fsp3) is 0.429. The number of sulfone groups is 1. The van der Waals surface area contributed by atoms with Crippen LogP contribution < -0.4 is 10.5 Å². The van der Waals surface area contributed by atoms with Crippen LogP contribution in [0, 0.1) is 17.7 Å². The molecule has 0 bridgehead atoms. The highest BCUT2D eigenvalue weighted by molar-refractivity contribution is 7.91. The van der Waals surface area contributed by atoms with Crippen LogP contribution in [0.25, 0.3) is 0 Å². The van der Waals surface area contributed by atoms with Crippen molar-refractivity contribution in [3.8, 4) is 17.6 Å². The molecule has 6 heteroatoms. The van der Waals surface area contributed by atoms with Gasteiger partial charge in [0.15, 0.2) is 21.4 Å². The molecule has 0 amide bonds. The van der Waals surface area contributed by atoms with Gasteiger partial charge in [-0.2, -0.15) is 0 Å². The summed E-state index contributed by atoms with van der Waals surface area (Å²) in [4.78, 5) is 0. The smallest absolute Gasteiger partial charge is 0.165 e. The lowest BCUT2D eigenvalue weighted by molar-refractivity contribution is 0.322. The first-order chi connectivity index (χ1) is 9.48. The van der Waals surface area contributed by atoms with Gasteiger partial charge >= 0.3 is 0 Å². The van der Waals surface area contributed by atoms with Gasteiger partial charge in [-0.3, -0.25) is 0 Å². The molecule has 20 heavy (non-hydrogen) atoms. The van der Waals surface area contributed by atoms with Crippen LogP contribution in [-0.2, 0) is 9.84 Å². The van der Waals surface area contributed by atoms with Crippen LogP contribution in [0.3, 0.4) is 0 Å². The van der Waals surface area contributed by atoms with Crippen molar-refractivity contribution in [2.24, 2.45) is 5.73 Å². The van der Waals surface area contributed by atoms with E-state index < -0.39 is 15.7 Å². The predicted molar refractivity (Wildman–Crippen MR) is 76.8 cm³/mol. The molecule has 0 unspecified atom stereocenters.